The van der Waals surface area contributed by atoms with Crippen LogP contribution < -0.4 is 0 Å². The van der Waals surface area contributed by atoms with Crippen molar-refractivity contribution < 1.29 is 4.79 Å². The van der Waals surface area contributed by atoms with Crippen LogP contribution in [0, 0.1) is 17.8 Å². The van der Waals surface area contributed by atoms with Gasteiger partial charge < -0.3 is 4.98 Å². The molecule has 2 aliphatic carbocycles. The van der Waals surface area contributed by atoms with Gasteiger partial charge in [-0.3, -0.25) is 4.79 Å². The second-order valence-corrected chi connectivity index (χ2v) is 6.46. The molecule has 2 saturated carbocycles. The molecule has 0 radical (unpaired) electrons. The number of aromatic nitrogens is 2. The molecule has 2 aliphatic rings. The van der Waals surface area contributed by atoms with Gasteiger partial charge >= 0.3 is 0 Å². The normalized spacial score (nSPS) is 29.5. The molecular weight excluding hydrogens is 292 g/mol. The van der Waals surface area contributed by atoms with Crippen LogP contribution >= 0.6 is 15.9 Å². The summed E-state index contributed by atoms with van der Waals surface area (Å²) in [7, 11) is 0. The van der Waals surface area contributed by atoms with Gasteiger partial charge in [-0.2, -0.15) is 0 Å². The molecule has 2 heterocycles. The molecule has 2 unspecified atom stereocenters. The number of halogens is 1. The second kappa shape index (κ2) is 3.67. The molecule has 0 bridgehead atoms. The fourth-order valence-electron chi connectivity index (χ4n) is 3.33. The molecule has 1 N–H and O–H groups in total. The third kappa shape index (κ3) is 1.55. The van der Waals surface area contributed by atoms with Crippen LogP contribution in [0.3, 0.4) is 0 Å². The number of hydrogen-bond donors (Lipinski definition) is 1. The van der Waals surface area contributed by atoms with Gasteiger partial charge in [0.05, 0.1) is 0 Å². The van der Waals surface area contributed by atoms with Crippen molar-refractivity contribution in [2.75, 3.05) is 0 Å². The van der Waals surface area contributed by atoms with Crippen molar-refractivity contribution in [3.63, 3.8) is 0 Å². The summed E-state index contributed by atoms with van der Waals surface area (Å²) in [6.45, 7) is 0. The van der Waals surface area contributed by atoms with E-state index < -0.39 is 0 Å². The lowest BCUT2D eigenvalue weighted by Crippen LogP contribution is -2.12. The Hall–Kier alpha value is -1.16. The van der Waals surface area contributed by atoms with Gasteiger partial charge in [0, 0.05) is 33.7 Å². The average molecular weight is 305 g/mol. The molecule has 2 aromatic heterocycles. The Balaban J connectivity index is 1.73. The molecule has 4 heteroatoms. The monoisotopic (exact) mass is 304 g/mol. The Kier molecular flexibility index (Phi) is 2.19. The van der Waals surface area contributed by atoms with Crippen LogP contribution in [-0.4, -0.2) is 15.8 Å². The number of carbonyl (C=O) groups excluding carboxylic acids is 1. The van der Waals surface area contributed by atoms with Crippen LogP contribution in [0.5, 0.6) is 0 Å². The highest BCUT2D eigenvalue weighted by atomic mass is 79.9. The SMILES string of the molecule is O=C(c1c[nH]c2ncc(Br)cc12)C1CC2CC2C1. The van der Waals surface area contributed by atoms with E-state index in [4.69, 9.17) is 0 Å². The molecule has 18 heavy (non-hydrogen) atoms. The quantitative estimate of drug-likeness (QED) is 0.862. The van der Waals surface area contributed by atoms with Crippen molar-refractivity contribution in [2.45, 2.75) is 19.3 Å². The molecule has 0 spiro atoms. The highest BCUT2D eigenvalue weighted by Gasteiger charge is 2.48. The van der Waals surface area contributed by atoms with Crippen LogP contribution in [-0.2, 0) is 0 Å². The molecule has 4 rings (SSSR count). The maximum Gasteiger partial charge on any atom is 0.168 e. The van der Waals surface area contributed by atoms with Crippen molar-refractivity contribution in [1.82, 2.24) is 9.97 Å². The molecule has 0 amide bonds. The number of Topliss-reactive ketones (excluding diaryl/α,β-unsaturated/α-hetero) is 1. The van der Waals surface area contributed by atoms with Crippen LogP contribution in [0.4, 0.5) is 0 Å². The number of rotatable bonds is 2. The van der Waals surface area contributed by atoms with E-state index in [-0.39, 0.29) is 5.92 Å². The molecule has 0 aliphatic heterocycles. The zero-order chi connectivity index (χ0) is 12.3. The second-order valence-electron chi connectivity index (χ2n) is 5.54. The summed E-state index contributed by atoms with van der Waals surface area (Å²) in [6.07, 6.45) is 7.11. The Morgan fingerprint density at radius 2 is 2.11 bits per heavy atom. The summed E-state index contributed by atoms with van der Waals surface area (Å²) in [5.74, 6) is 2.23. The van der Waals surface area contributed by atoms with Gasteiger partial charge in [0.1, 0.15) is 5.65 Å². The van der Waals surface area contributed by atoms with Gasteiger partial charge in [-0.1, -0.05) is 0 Å². The van der Waals surface area contributed by atoms with Gasteiger partial charge in [0.15, 0.2) is 5.78 Å². The number of aromatic amines is 1. The number of fused-ring (bicyclic) bond motifs is 2. The Bertz CT molecular complexity index is 638. The highest BCUT2D eigenvalue weighted by Crippen LogP contribution is 2.55. The molecule has 2 atom stereocenters. The molecule has 92 valence electrons. The van der Waals surface area contributed by atoms with Crippen molar-refractivity contribution in [3.05, 3.63) is 28.5 Å². The number of pyridine rings is 1. The van der Waals surface area contributed by atoms with Crippen LogP contribution in [0.15, 0.2) is 22.9 Å². The lowest BCUT2D eigenvalue weighted by Gasteiger charge is -2.09. The zero-order valence-corrected chi connectivity index (χ0v) is 11.4. The predicted molar refractivity (Wildman–Crippen MR) is 72.4 cm³/mol. The topological polar surface area (TPSA) is 45.8 Å². The maximum atomic E-state index is 12.5. The Morgan fingerprint density at radius 1 is 1.33 bits per heavy atom. The van der Waals surface area contributed by atoms with E-state index in [0.717, 1.165) is 45.7 Å². The predicted octanol–water partition coefficient (Wildman–Crippen LogP) is 3.55. The Morgan fingerprint density at radius 3 is 2.89 bits per heavy atom. The molecular formula is C14H13BrN2O. The smallest absolute Gasteiger partial charge is 0.168 e. The summed E-state index contributed by atoms with van der Waals surface area (Å²) < 4.78 is 0.915. The first-order chi connectivity index (χ1) is 8.72. The minimum Gasteiger partial charge on any atom is -0.345 e. The first-order valence-electron chi connectivity index (χ1n) is 6.39. The third-order valence-corrected chi connectivity index (χ3v) is 4.81. The number of H-pyrrole nitrogens is 1. The van der Waals surface area contributed by atoms with Gasteiger partial charge in [0.2, 0.25) is 0 Å². The minimum absolute atomic E-state index is 0.242. The summed E-state index contributed by atoms with van der Waals surface area (Å²) >= 11 is 3.41. The average Bonchev–Trinajstić information content (AvgIpc) is 2.82. The van der Waals surface area contributed by atoms with Gasteiger partial charge in [-0.05, 0) is 53.1 Å². The molecule has 2 aromatic rings. The van der Waals surface area contributed by atoms with Gasteiger partial charge in [-0.25, -0.2) is 4.98 Å². The first kappa shape index (κ1) is 10.7. The van der Waals surface area contributed by atoms with E-state index in [2.05, 4.69) is 25.9 Å². The molecule has 2 fully saturated rings. The fraction of sp³-hybridized carbons (Fsp3) is 0.429. The van der Waals surface area contributed by atoms with E-state index in [0.29, 0.717) is 5.78 Å². The summed E-state index contributed by atoms with van der Waals surface area (Å²) in [5, 5.41) is 0.940. The number of nitrogens with one attached hydrogen (secondary N) is 1. The van der Waals surface area contributed by atoms with Crippen LogP contribution in [0.25, 0.3) is 11.0 Å². The summed E-state index contributed by atoms with van der Waals surface area (Å²) in [6, 6.07) is 1.97. The highest BCUT2D eigenvalue weighted by molar-refractivity contribution is 9.10. The Labute approximate surface area is 113 Å². The van der Waals surface area contributed by atoms with Crippen molar-refractivity contribution in [2.24, 2.45) is 17.8 Å². The zero-order valence-electron chi connectivity index (χ0n) is 9.82. The minimum atomic E-state index is 0.242. The lowest BCUT2D eigenvalue weighted by atomic mass is 9.93. The fourth-order valence-corrected chi connectivity index (χ4v) is 3.66. The van der Waals surface area contributed by atoms with E-state index in [1.54, 1.807) is 6.20 Å². The van der Waals surface area contributed by atoms with E-state index in [1.807, 2.05) is 12.3 Å². The molecule has 0 aromatic carbocycles. The van der Waals surface area contributed by atoms with Crippen molar-refractivity contribution in [3.8, 4) is 0 Å². The summed E-state index contributed by atoms with van der Waals surface area (Å²) in [4.78, 5) is 19.9. The number of carbonyl (C=O) groups is 1. The van der Waals surface area contributed by atoms with Gasteiger partial charge in [-0.15, -0.1) is 0 Å². The summed E-state index contributed by atoms with van der Waals surface area (Å²) in [5.41, 5.74) is 1.61. The van der Waals surface area contributed by atoms with Crippen LogP contribution in [0.1, 0.15) is 29.6 Å². The van der Waals surface area contributed by atoms with Crippen LogP contribution in [0.2, 0.25) is 0 Å². The standard InChI is InChI=1S/C14H13BrN2O/c15-10-4-11-12(6-17-14(11)16-5-10)13(18)9-2-7-1-8(7)3-9/h4-9H,1-3H2,(H,16,17). The first-order valence-corrected chi connectivity index (χ1v) is 7.18. The lowest BCUT2D eigenvalue weighted by molar-refractivity contribution is 0.0916. The number of ketones is 1. The van der Waals surface area contributed by atoms with Crippen molar-refractivity contribution >= 4 is 32.7 Å². The van der Waals surface area contributed by atoms with Crippen molar-refractivity contribution in [1.29, 1.82) is 0 Å². The number of nitrogens with zero attached hydrogens (tertiary/aromatic N) is 1. The maximum absolute atomic E-state index is 12.5. The van der Waals surface area contributed by atoms with E-state index >= 15 is 0 Å². The number of hydrogen-bond acceptors (Lipinski definition) is 2. The van der Waals surface area contributed by atoms with Gasteiger partial charge in [0.25, 0.3) is 0 Å². The van der Waals surface area contributed by atoms with E-state index in [1.165, 1.54) is 6.42 Å². The molecule has 0 saturated heterocycles. The third-order valence-electron chi connectivity index (χ3n) is 4.38. The largest absolute Gasteiger partial charge is 0.345 e. The van der Waals surface area contributed by atoms with E-state index in [9.17, 15) is 4.79 Å². The molecule has 3 nitrogen and oxygen atoms in total.